The van der Waals surface area contributed by atoms with Crippen molar-refractivity contribution in [2.75, 3.05) is 157 Å². The number of carbonyl (C=O) groups is 4. The van der Waals surface area contributed by atoms with Gasteiger partial charge in [0.25, 0.3) is 11.8 Å². The van der Waals surface area contributed by atoms with Gasteiger partial charge in [-0.15, -0.1) is 0 Å². The number of aromatic nitrogens is 2. The molecule has 3 N–H and O–H groups in total. The lowest BCUT2D eigenvalue weighted by molar-refractivity contribution is -0.180. The van der Waals surface area contributed by atoms with Crippen LogP contribution in [0.5, 0.6) is 5.75 Å². The van der Waals surface area contributed by atoms with Gasteiger partial charge in [-0.05, 0) is 37.1 Å². The van der Waals surface area contributed by atoms with E-state index in [9.17, 15) is 36.7 Å². The molecule has 4 heterocycles. The third kappa shape index (κ3) is 24.1. The monoisotopic (exact) mass is 1150 g/mol. The Morgan fingerprint density at radius 1 is 0.654 bits per heavy atom. The number of nitrogens with zero attached hydrogens (tertiary/aromatic N) is 5. The third-order valence-electron chi connectivity index (χ3n) is 11.5. The number of nitrogens with one attached hydrogen (secondary N) is 1. The maximum absolute atomic E-state index is 13.6. The number of anilines is 1. The molecule has 0 saturated carbocycles. The lowest BCUT2D eigenvalue weighted by Gasteiger charge is -2.28. The normalized spacial score (nSPS) is 13.0. The Balaban J connectivity index is 0.769. The summed E-state index contributed by atoms with van der Waals surface area (Å²) in [5.74, 6) is -10.2. The molecular weight excluding hydrogens is 1080 g/mol. The van der Waals surface area contributed by atoms with Gasteiger partial charge in [0.2, 0.25) is 23.3 Å². The number of amidine groups is 1. The van der Waals surface area contributed by atoms with Crippen LogP contribution in [0, 0.1) is 23.3 Å². The Kier molecular flexibility index (Phi) is 30.7. The molecule has 0 fully saturated rings. The molecular formula is C54H73F4N7O16. The third-order valence-corrected chi connectivity index (χ3v) is 11.5. The summed E-state index contributed by atoms with van der Waals surface area (Å²) in [6.45, 7) is 11.7. The SMILES string of the molecule is CCCN(OCC)C(=O)C1=Cc2ncc(C(=O)Nc3cnc4c(c3)CN(C(=O)CCOCCOCCOCCOCCOCCOCCOCCOCCOCCOCCC(=O)Oc3c(F)c(F)cc(F)c3F)CC4)cc2N=C(N)C1. The highest BCUT2D eigenvalue weighted by Gasteiger charge is 2.26. The van der Waals surface area contributed by atoms with E-state index in [0.29, 0.717) is 161 Å². The molecule has 0 unspecified atom stereocenters. The second-order valence-corrected chi connectivity index (χ2v) is 17.6. The summed E-state index contributed by atoms with van der Waals surface area (Å²) in [6, 6.07) is 3.40. The summed E-state index contributed by atoms with van der Waals surface area (Å²) in [5, 5.41) is 4.18. The first-order valence-corrected chi connectivity index (χ1v) is 26.7. The number of hydrogen-bond acceptors (Lipinski definition) is 20. The molecule has 2 aromatic heterocycles. The van der Waals surface area contributed by atoms with E-state index in [2.05, 4.69) is 25.0 Å². The molecule has 0 spiro atoms. The Morgan fingerprint density at radius 3 is 1.67 bits per heavy atom. The second-order valence-electron chi connectivity index (χ2n) is 17.6. The van der Waals surface area contributed by atoms with E-state index in [4.69, 9.17) is 57.9 Å². The summed E-state index contributed by atoms with van der Waals surface area (Å²) in [5.41, 5.74) is 9.71. The first-order chi connectivity index (χ1) is 39.4. The Hall–Kier alpha value is -6.11. The molecule has 1 aromatic carbocycles. The number of amides is 3. The molecule has 27 heteroatoms. The molecule has 2 aliphatic heterocycles. The van der Waals surface area contributed by atoms with Crippen molar-refractivity contribution in [3.63, 3.8) is 0 Å². The van der Waals surface area contributed by atoms with Crippen molar-refractivity contribution >= 4 is 47.0 Å². The summed E-state index contributed by atoms with van der Waals surface area (Å²) in [6.07, 6.45) is 5.80. The molecule has 448 valence electrons. The Morgan fingerprint density at radius 2 is 1.16 bits per heavy atom. The van der Waals surface area contributed by atoms with Crippen LogP contribution in [0.1, 0.15) is 66.8 Å². The minimum absolute atomic E-state index is 0.0126. The number of aliphatic imine (C=N–C) groups is 1. The second kappa shape index (κ2) is 37.8. The molecule has 3 aromatic rings. The van der Waals surface area contributed by atoms with Crippen molar-refractivity contribution in [1.82, 2.24) is 19.9 Å². The van der Waals surface area contributed by atoms with Crippen molar-refractivity contribution in [2.24, 2.45) is 10.7 Å². The number of hydroxylamine groups is 2. The molecule has 0 radical (unpaired) electrons. The van der Waals surface area contributed by atoms with Crippen molar-refractivity contribution in [2.45, 2.75) is 52.5 Å². The number of nitrogens with two attached hydrogens (primary N) is 1. The van der Waals surface area contributed by atoms with E-state index in [-0.39, 0.29) is 75.2 Å². The van der Waals surface area contributed by atoms with Crippen LogP contribution in [0.15, 0.2) is 41.2 Å². The van der Waals surface area contributed by atoms with Gasteiger partial charge in [-0.25, -0.2) is 18.8 Å². The number of pyridine rings is 2. The van der Waals surface area contributed by atoms with Crippen molar-refractivity contribution in [3.05, 3.63) is 81.9 Å². The fourth-order valence-electron chi connectivity index (χ4n) is 7.55. The first-order valence-electron chi connectivity index (χ1n) is 26.7. The molecule has 0 aliphatic carbocycles. The number of rotatable bonds is 41. The number of benzene rings is 1. The van der Waals surface area contributed by atoms with Crippen LogP contribution in [-0.4, -0.2) is 201 Å². The maximum atomic E-state index is 13.6. The van der Waals surface area contributed by atoms with Gasteiger partial charge in [-0.1, -0.05) is 6.92 Å². The summed E-state index contributed by atoms with van der Waals surface area (Å²) in [4.78, 5) is 72.1. The number of esters is 1. The fraction of sp³-hybridized carbons (Fsp3) is 0.574. The average molecular weight is 1150 g/mol. The first kappa shape index (κ1) is 65.7. The molecule has 2 aliphatic rings. The summed E-state index contributed by atoms with van der Waals surface area (Å²) in [7, 11) is 0. The number of halogens is 4. The predicted molar refractivity (Wildman–Crippen MR) is 282 cm³/mol. The zero-order chi connectivity index (χ0) is 58.0. The van der Waals surface area contributed by atoms with E-state index in [1.165, 1.54) is 11.3 Å². The van der Waals surface area contributed by atoms with Crippen LogP contribution in [0.4, 0.5) is 28.9 Å². The highest BCUT2D eigenvalue weighted by Crippen LogP contribution is 2.29. The smallest absolute Gasteiger partial charge is 0.313 e. The average Bonchev–Trinajstić information content (AvgIpc) is 3.67. The molecule has 0 atom stereocenters. The standard InChI is InChI=1S/C54H73F4N7O16/c1-3-8-65(80-4-2)54(69)38-31-45-46(63-47(59)33-38)32-39(35-60-45)53(68)62-41-30-40-37-64(9-5-44(40)61-36-41)48(66)6-10-70-12-14-72-16-18-74-20-22-76-24-26-78-28-29-79-27-25-77-23-21-75-19-17-73-15-13-71-11-7-49(67)81-52-50(57)42(55)34-43(56)51(52)58/h30-32,34-36H,3-29,33,37H2,1-2H3,(H2,59,63)(H,62,68). The zero-order valence-corrected chi connectivity index (χ0v) is 45.8. The molecule has 0 bridgehead atoms. The number of hydrogen-bond donors (Lipinski definition) is 2. The van der Waals surface area contributed by atoms with Gasteiger partial charge in [0, 0.05) is 56.0 Å². The highest BCUT2D eigenvalue weighted by atomic mass is 19.2. The summed E-state index contributed by atoms with van der Waals surface area (Å²) < 4.78 is 113. The van der Waals surface area contributed by atoms with Crippen LogP contribution in [-0.2, 0) is 79.6 Å². The van der Waals surface area contributed by atoms with Crippen LogP contribution in [0.25, 0.3) is 6.08 Å². The fourth-order valence-corrected chi connectivity index (χ4v) is 7.55. The largest absolute Gasteiger partial charge is 0.420 e. The van der Waals surface area contributed by atoms with Crippen LogP contribution < -0.4 is 15.8 Å². The molecule has 0 saturated heterocycles. The Labute approximate surface area is 467 Å². The lowest BCUT2D eigenvalue weighted by atomic mass is 10.0. The molecule has 3 amide bonds. The van der Waals surface area contributed by atoms with E-state index < -0.39 is 47.3 Å². The topological polar surface area (TPSA) is 262 Å². The molecule has 81 heavy (non-hydrogen) atoms. The number of carbonyl (C=O) groups excluding carboxylic acids is 4. The number of fused-ring (bicyclic) bond motifs is 2. The molecule has 5 rings (SSSR count). The van der Waals surface area contributed by atoms with E-state index in [1.54, 1.807) is 30.2 Å². The lowest BCUT2D eigenvalue weighted by Crippen LogP contribution is -2.36. The van der Waals surface area contributed by atoms with Crippen LogP contribution in [0.3, 0.4) is 0 Å². The van der Waals surface area contributed by atoms with Gasteiger partial charge in [-0.2, -0.15) is 8.78 Å². The van der Waals surface area contributed by atoms with Crippen LogP contribution in [0.2, 0.25) is 0 Å². The number of ether oxygens (including phenoxy) is 11. The van der Waals surface area contributed by atoms with Crippen molar-refractivity contribution < 1.29 is 93.7 Å². The minimum Gasteiger partial charge on any atom is -0.420 e. The van der Waals surface area contributed by atoms with Gasteiger partial charge in [0.15, 0.2) is 11.6 Å². The van der Waals surface area contributed by atoms with Gasteiger partial charge in [-0.3, -0.25) is 34.0 Å². The van der Waals surface area contributed by atoms with E-state index in [0.717, 1.165) is 11.3 Å². The van der Waals surface area contributed by atoms with E-state index in [1.807, 2.05) is 13.0 Å². The van der Waals surface area contributed by atoms with Crippen molar-refractivity contribution in [1.29, 1.82) is 0 Å². The van der Waals surface area contributed by atoms with Crippen LogP contribution >= 0.6 is 0 Å². The summed E-state index contributed by atoms with van der Waals surface area (Å²) >= 11 is 0. The zero-order valence-electron chi connectivity index (χ0n) is 45.8. The van der Waals surface area contributed by atoms with E-state index >= 15 is 0 Å². The maximum Gasteiger partial charge on any atom is 0.313 e. The Bertz CT molecular complexity index is 2480. The molecule has 23 nitrogen and oxygen atoms in total. The quantitative estimate of drug-likeness (QED) is 0.0195. The van der Waals surface area contributed by atoms with Gasteiger partial charge < -0.3 is 68.1 Å². The van der Waals surface area contributed by atoms with Gasteiger partial charge in [0.05, 0.1) is 180 Å². The highest BCUT2D eigenvalue weighted by molar-refractivity contribution is 6.07. The van der Waals surface area contributed by atoms with Crippen molar-refractivity contribution in [3.8, 4) is 5.75 Å². The minimum atomic E-state index is -1.80. The van der Waals surface area contributed by atoms with Gasteiger partial charge >= 0.3 is 5.97 Å². The predicted octanol–water partition coefficient (Wildman–Crippen LogP) is 4.69. The van der Waals surface area contributed by atoms with Gasteiger partial charge in [0.1, 0.15) is 5.84 Å².